The van der Waals surface area contributed by atoms with E-state index in [4.69, 9.17) is 4.74 Å². The Morgan fingerprint density at radius 2 is 1.38 bits per heavy atom. The number of methoxy groups -OCH3 is 1. The Morgan fingerprint density at radius 1 is 1.00 bits per heavy atom. The van der Waals surface area contributed by atoms with E-state index in [0.29, 0.717) is 11.1 Å². The number of aliphatic hydroxyl groups is 1. The molecule has 0 heterocycles. The number of benzene rings is 2. The van der Waals surface area contributed by atoms with Gasteiger partial charge in [-0.15, -0.1) is 0 Å². The summed E-state index contributed by atoms with van der Waals surface area (Å²) in [5, 5.41) is 19.5. The number of carbonyl (C=O) groups is 1. The molecule has 0 saturated heterocycles. The fraction of sp³-hybridized carbons (Fsp3) is 0.188. The average molecular weight is 295 g/mol. The molecule has 4 nitrogen and oxygen atoms in total. The van der Waals surface area contributed by atoms with E-state index in [2.05, 4.69) is 0 Å². The van der Waals surface area contributed by atoms with Gasteiger partial charge in [0.1, 0.15) is 0 Å². The summed E-state index contributed by atoms with van der Waals surface area (Å²) < 4.78 is 5.50. The molecule has 2 rings (SSSR count). The first-order valence-electron chi connectivity index (χ1n) is 6.20. The van der Waals surface area contributed by atoms with E-state index < -0.39 is 17.7 Å². The molecule has 0 amide bonds. The zero-order valence-electron chi connectivity index (χ0n) is 12.1. The van der Waals surface area contributed by atoms with Crippen LogP contribution in [-0.2, 0) is 15.1 Å². The summed E-state index contributed by atoms with van der Waals surface area (Å²) in [6, 6.07) is 17.7. The van der Waals surface area contributed by atoms with Gasteiger partial charge in [0.25, 0.3) is 0 Å². The predicted octanol–water partition coefficient (Wildman–Crippen LogP) is 1.64. The molecule has 0 spiro atoms. The number of aliphatic carboxylic acids is 1. The number of hydrogen-bond acceptors (Lipinski definition) is 3. The van der Waals surface area contributed by atoms with Crippen LogP contribution < -0.4 is 0 Å². The van der Waals surface area contributed by atoms with E-state index in [0.717, 1.165) is 0 Å². The molecular weight excluding hydrogens is 279 g/mol. The Bertz CT molecular complexity index is 532. The molecule has 0 bridgehead atoms. The molecule has 5 heteroatoms. The molecule has 21 heavy (non-hydrogen) atoms. The van der Waals surface area contributed by atoms with Crippen LogP contribution >= 0.6 is 0 Å². The van der Waals surface area contributed by atoms with Crippen molar-refractivity contribution >= 4 is 35.5 Å². The van der Waals surface area contributed by atoms with Crippen LogP contribution in [0.2, 0.25) is 0 Å². The minimum absolute atomic E-state index is 0. The molecule has 0 aliphatic heterocycles. The third kappa shape index (κ3) is 3.36. The summed E-state index contributed by atoms with van der Waals surface area (Å²) in [5.41, 5.74) is -0.263. The largest absolute Gasteiger partial charge is 0.479 e. The van der Waals surface area contributed by atoms with E-state index in [1.807, 2.05) is 12.1 Å². The van der Waals surface area contributed by atoms with Crippen molar-refractivity contribution in [2.75, 3.05) is 7.11 Å². The van der Waals surface area contributed by atoms with Crippen molar-refractivity contribution in [3.8, 4) is 0 Å². The Hall–Kier alpha value is -1.17. The van der Waals surface area contributed by atoms with Gasteiger partial charge in [-0.3, -0.25) is 0 Å². The van der Waals surface area contributed by atoms with Crippen LogP contribution in [0.25, 0.3) is 0 Å². The summed E-state index contributed by atoms with van der Waals surface area (Å²) >= 11 is 0. The first kappa shape index (κ1) is 17.9. The van der Waals surface area contributed by atoms with E-state index in [1.165, 1.54) is 7.11 Å². The van der Waals surface area contributed by atoms with Crippen LogP contribution in [0.4, 0.5) is 0 Å². The molecule has 1 radical (unpaired) electrons. The van der Waals surface area contributed by atoms with Gasteiger partial charge in [-0.25, -0.2) is 4.79 Å². The normalized spacial score (nSPS) is 12.3. The third-order valence-corrected chi connectivity index (χ3v) is 3.35. The number of hydrogen-bond donors (Lipinski definition) is 2. The Morgan fingerprint density at radius 3 is 1.67 bits per heavy atom. The number of ether oxygens (including phenoxy) is 1. The summed E-state index contributed by atoms with van der Waals surface area (Å²) in [7, 11) is 1.40. The van der Waals surface area contributed by atoms with Crippen molar-refractivity contribution in [1.29, 1.82) is 0 Å². The van der Waals surface area contributed by atoms with Gasteiger partial charge in [0.05, 0.1) is 0 Å². The van der Waals surface area contributed by atoms with Gasteiger partial charge < -0.3 is 14.9 Å². The summed E-state index contributed by atoms with van der Waals surface area (Å²) in [6.07, 6.45) is -1.71. The molecule has 0 fully saturated rings. The minimum Gasteiger partial charge on any atom is -0.479 e. The zero-order chi connectivity index (χ0) is 14.6. The number of aliphatic hydroxyl groups excluding tert-OH is 1. The maximum Gasteiger partial charge on any atom is 0.336 e. The molecule has 2 N–H and O–H groups in total. The second-order valence-electron chi connectivity index (χ2n) is 4.41. The number of rotatable bonds is 5. The fourth-order valence-corrected chi connectivity index (χ4v) is 2.38. The van der Waals surface area contributed by atoms with E-state index in [-0.39, 0.29) is 29.6 Å². The van der Waals surface area contributed by atoms with Crippen LogP contribution in [0.3, 0.4) is 0 Å². The summed E-state index contributed by atoms with van der Waals surface area (Å²) in [6.45, 7) is 0. The van der Waals surface area contributed by atoms with E-state index in [9.17, 15) is 15.0 Å². The smallest absolute Gasteiger partial charge is 0.336 e. The van der Waals surface area contributed by atoms with Crippen LogP contribution in [0.1, 0.15) is 11.1 Å². The van der Waals surface area contributed by atoms with Gasteiger partial charge in [0.2, 0.25) is 0 Å². The van der Waals surface area contributed by atoms with Crippen molar-refractivity contribution in [2.24, 2.45) is 0 Å². The average Bonchev–Trinajstić information content (AvgIpc) is 2.50. The van der Waals surface area contributed by atoms with Crippen molar-refractivity contribution in [3.05, 3.63) is 71.8 Å². The van der Waals surface area contributed by atoms with Gasteiger partial charge >= 0.3 is 5.97 Å². The van der Waals surface area contributed by atoms with Gasteiger partial charge in [0.15, 0.2) is 11.7 Å². The topological polar surface area (TPSA) is 66.8 Å². The van der Waals surface area contributed by atoms with Gasteiger partial charge in [0, 0.05) is 36.7 Å². The van der Waals surface area contributed by atoms with Gasteiger partial charge in [-0.1, -0.05) is 60.7 Å². The van der Waals surface area contributed by atoms with Crippen LogP contribution in [-0.4, -0.2) is 59.0 Å². The Balaban J connectivity index is 0.00000220. The third-order valence-electron chi connectivity index (χ3n) is 3.35. The molecule has 0 unspecified atom stereocenters. The van der Waals surface area contributed by atoms with Crippen LogP contribution in [0, 0.1) is 0 Å². The second-order valence-corrected chi connectivity index (χ2v) is 4.41. The van der Waals surface area contributed by atoms with Gasteiger partial charge in [-0.2, -0.15) is 0 Å². The van der Waals surface area contributed by atoms with Crippen LogP contribution in [0.5, 0.6) is 0 Å². The number of carboxylic acids is 1. The Labute approximate surface area is 145 Å². The maximum absolute atomic E-state index is 11.3. The van der Waals surface area contributed by atoms with E-state index in [1.54, 1.807) is 48.5 Å². The minimum atomic E-state index is -1.71. The molecule has 2 aromatic rings. The van der Waals surface area contributed by atoms with Crippen molar-refractivity contribution in [1.82, 2.24) is 0 Å². The molecule has 0 aliphatic carbocycles. The molecule has 105 valence electrons. The van der Waals surface area contributed by atoms with Crippen LogP contribution in [0.15, 0.2) is 60.7 Å². The Kier molecular flexibility index (Phi) is 6.58. The molecule has 0 saturated carbocycles. The van der Waals surface area contributed by atoms with Crippen molar-refractivity contribution < 1.29 is 19.7 Å². The molecule has 0 aromatic heterocycles. The summed E-state index contributed by atoms with van der Waals surface area (Å²) in [5.74, 6) is -1.33. The SMILES string of the molecule is COC(c1ccccc1)(c1ccccc1)[C@H](O)C(=O)O.[Na]. The van der Waals surface area contributed by atoms with Gasteiger partial charge in [-0.05, 0) is 11.1 Å². The first-order valence-corrected chi connectivity index (χ1v) is 6.20. The number of carboxylic acid groups (broad SMARTS) is 1. The maximum atomic E-state index is 11.3. The molecule has 2 aromatic carbocycles. The quantitative estimate of drug-likeness (QED) is 0.823. The molecular formula is C16H16NaO4. The zero-order valence-corrected chi connectivity index (χ0v) is 14.1. The predicted molar refractivity (Wildman–Crippen MR) is 80.1 cm³/mol. The van der Waals surface area contributed by atoms with Crippen molar-refractivity contribution in [3.63, 3.8) is 0 Å². The van der Waals surface area contributed by atoms with E-state index >= 15 is 0 Å². The van der Waals surface area contributed by atoms with Crippen molar-refractivity contribution in [2.45, 2.75) is 11.7 Å². The molecule has 0 aliphatic rings. The monoisotopic (exact) mass is 295 g/mol. The first-order chi connectivity index (χ1) is 9.63. The second kappa shape index (κ2) is 7.73. The molecule has 1 atom stereocenters. The fourth-order valence-electron chi connectivity index (χ4n) is 2.38. The standard InChI is InChI=1S/C16H16O4.Na/c1-20-16(14(17)15(18)19,12-8-4-2-5-9-12)13-10-6-3-7-11-13;/h2-11,14,17H,1H3,(H,18,19);/t14-;/m1./s1. The summed E-state index contributed by atoms with van der Waals surface area (Å²) in [4.78, 5) is 11.3.